The Morgan fingerprint density at radius 1 is 1.31 bits per heavy atom. The number of aromatic nitrogens is 2. The summed E-state index contributed by atoms with van der Waals surface area (Å²) in [6.07, 6.45) is 10.2. The molecule has 82 valence electrons. The van der Waals surface area contributed by atoms with E-state index in [0.29, 0.717) is 6.42 Å². The molecule has 0 unspecified atom stereocenters. The Labute approximate surface area is 94.6 Å². The van der Waals surface area contributed by atoms with Crippen LogP contribution in [0.3, 0.4) is 0 Å². The van der Waals surface area contributed by atoms with E-state index in [4.69, 9.17) is 15.8 Å². The van der Waals surface area contributed by atoms with Gasteiger partial charge in [0.15, 0.2) is 0 Å². The summed E-state index contributed by atoms with van der Waals surface area (Å²) >= 11 is 0. The Morgan fingerprint density at radius 2 is 2.00 bits per heavy atom. The highest BCUT2D eigenvalue weighted by Gasteiger charge is 1.97. The molecule has 0 saturated carbocycles. The van der Waals surface area contributed by atoms with Crippen molar-refractivity contribution in [3.63, 3.8) is 0 Å². The molecule has 0 atom stereocenters. The molecule has 0 amide bonds. The maximum atomic E-state index is 8.29. The Morgan fingerprint density at radius 3 is 2.38 bits per heavy atom. The molecule has 1 aromatic rings. The first-order valence-corrected chi connectivity index (χ1v) is 4.60. The third-order valence-electron chi connectivity index (χ3n) is 1.63. The second kappa shape index (κ2) is 9.05. The molecule has 16 heavy (non-hydrogen) atoms. The molecule has 0 fully saturated rings. The number of nitriles is 3. The molecule has 6 heteroatoms. The lowest BCUT2D eigenvalue weighted by Crippen LogP contribution is -2.23. The van der Waals surface area contributed by atoms with Gasteiger partial charge in [0.1, 0.15) is 12.4 Å². The van der Waals surface area contributed by atoms with Crippen LogP contribution in [0.2, 0.25) is 0 Å². The van der Waals surface area contributed by atoms with Gasteiger partial charge in [-0.2, -0.15) is 5.26 Å². The lowest BCUT2D eigenvalue weighted by Gasteiger charge is -1.89. The fraction of sp³-hybridized carbons (Fsp3) is 0.400. The summed E-state index contributed by atoms with van der Waals surface area (Å²) in [4.78, 5) is 0. The average molecular weight is 216 g/mol. The topological polar surface area (TPSA) is 94.3 Å². The summed E-state index contributed by atoms with van der Waals surface area (Å²) in [7, 11) is 1.99. The largest absolute Gasteiger partial charge is 0.385 e. The number of unbranched alkanes of at least 4 members (excludes halogenated alkanes) is 1. The first-order chi connectivity index (χ1) is 7.74. The number of nitrogens with zero attached hydrogens (tertiary/aromatic N) is 6. The van der Waals surface area contributed by atoms with Gasteiger partial charge in [-0.15, -0.1) is 0 Å². The quantitative estimate of drug-likeness (QED) is 0.427. The fourth-order valence-electron chi connectivity index (χ4n) is 0.997. The van der Waals surface area contributed by atoms with E-state index in [9.17, 15) is 0 Å². The van der Waals surface area contributed by atoms with Crippen molar-refractivity contribution in [1.82, 2.24) is 4.57 Å². The first-order valence-electron chi connectivity index (χ1n) is 4.60. The summed E-state index contributed by atoms with van der Waals surface area (Å²) < 4.78 is 4.07. The van der Waals surface area contributed by atoms with Crippen molar-refractivity contribution < 1.29 is 4.57 Å². The van der Waals surface area contributed by atoms with Crippen LogP contribution in [-0.4, -0.2) is 4.57 Å². The summed E-state index contributed by atoms with van der Waals surface area (Å²) in [5.41, 5.74) is 0. The van der Waals surface area contributed by atoms with Crippen LogP contribution in [0.4, 0.5) is 0 Å². The van der Waals surface area contributed by atoms with Crippen molar-refractivity contribution in [1.29, 1.82) is 15.8 Å². The average Bonchev–Trinajstić information content (AvgIpc) is 2.67. The highest BCUT2D eigenvalue weighted by Crippen LogP contribution is 1.91. The van der Waals surface area contributed by atoms with Crippen LogP contribution in [0.25, 0.3) is 5.32 Å². The van der Waals surface area contributed by atoms with Gasteiger partial charge in [0, 0.05) is 18.8 Å². The van der Waals surface area contributed by atoms with Gasteiger partial charge in [0.25, 0.3) is 0 Å². The first kappa shape index (κ1) is 13.5. The smallest absolute Gasteiger partial charge is 0.243 e. The van der Waals surface area contributed by atoms with Crippen LogP contribution < -0.4 is 4.57 Å². The Balaban J connectivity index is 0.000000385. The molecule has 0 aromatic carbocycles. The SMILES string of the molecule is C[n+]1ccn(CCCC#N)c1.N#C[N-]C#N. The van der Waals surface area contributed by atoms with Crippen LogP contribution in [0.5, 0.6) is 0 Å². The van der Waals surface area contributed by atoms with E-state index in [1.165, 1.54) is 12.4 Å². The van der Waals surface area contributed by atoms with Gasteiger partial charge in [-0.3, -0.25) is 5.32 Å². The fourth-order valence-corrected chi connectivity index (χ4v) is 0.997. The Hall–Kier alpha value is -2.52. The van der Waals surface area contributed by atoms with Gasteiger partial charge in [-0.25, -0.2) is 9.13 Å². The third kappa shape index (κ3) is 6.94. The van der Waals surface area contributed by atoms with Gasteiger partial charge in [0.05, 0.1) is 19.7 Å². The molecule has 0 spiro atoms. The minimum Gasteiger partial charge on any atom is -0.385 e. The maximum absolute atomic E-state index is 8.29. The molecule has 0 saturated heterocycles. The van der Waals surface area contributed by atoms with Gasteiger partial charge in [-0.05, 0) is 6.42 Å². The Kier molecular flexibility index (Phi) is 7.63. The molecular weight excluding hydrogens is 204 g/mol. The van der Waals surface area contributed by atoms with E-state index >= 15 is 0 Å². The molecule has 0 aliphatic rings. The van der Waals surface area contributed by atoms with E-state index in [2.05, 4.69) is 16.0 Å². The normalized spacial score (nSPS) is 7.62. The van der Waals surface area contributed by atoms with Gasteiger partial charge in [-0.1, -0.05) is 0 Å². The van der Waals surface area contributed by atoms with E-state index in [0.717, 1.165) is 13.0 Å². The lowest BCUT2D eigenvalue weighted by atomic mass is 10.3. The van der Waals surface area contributed by atoms with E-state index in [-0.39, 0.29) is 0 Å². The molecule has 1 rings (SSSR count). The highest BCUT2D eigenvalue weighted by molar-refractivity contribution is 5.12. The summed E-state index contributed by atoms with van der Waals surface area (Å²) in [5.74, 6) is 0. The van der Waals surface area contributed by atoms with Crippen molar-refractivity contribution in [2.45, 2.75) is 19.4 Å². The van der Waals surface area contributed by atoms with E-state index in [1.54, 1.807) is 0 Å². The summed E-state index contributed by atoms with van der Waals surface area (Å²) in [6, 6.07) is 2.12. The second-order valence-corrected chi connectivity index (χ2v) is 2.89. The minimum atomic E-state index is 0.641. The molecule has 0 N–H and O–H groups in total. The zero-order chi connectivity index (χ0) is 12.2. The molecule has 1 aromatic heterocycles. The number of hydrogen-bond acceptors (Lipinski definition) is 3. The van der Waals surface area contributed by atoms with Crippen molar-refractivity contribution in [2.24, 2.45) is 7.05 Å². The van der Waals surface area contributed by atoms with Crippen molar-refractivity contribution in [3.8, 4) is 18.5 Å². The molecule has 0 aliphatic carbocycles. The summed E-state index contributed by atoms with van der Waals surface area (Å²) in [5, 5.41) is 25.7. The van der Waals surface area contributed by atoms with Gasteiger partial charge in [0.2, 0.25) is 6.33 Å². The van der Waals surface area contributed by atoms with Gasteiger partial charge < -0.3 is 10.5 Å². The minimum absolute atomic E-state index is 0.641. The second-order valence-electron chi connectivity index (χ2n) is 2.89. The highest BCUT2D eigenvalue weighted by atomic mass is 15.1. The van der Waals surface area contributed by atoms with E-state index in [1.807, 2.05) is 30.3 Å². The van der Waals surface area contributed by atoms with E-state index < -0.39 is 0 Å². The van der Waals surface area contributed by atoms with Crippen molar-refractivity contribution in [2.75, 3.05) is 0 Å². The summed E-state index contributed by atoms with van der Waals surface area (Å²) in [6.45, 7) is 0.939. The van der Waals surface area contributed by atoms with Crippen LogP contribution in [0.15, 0.2) is 18.7 Å². The van der Waals surface area contributed by atoms with Crippen molar-refractivity contribution in [3.05, 3.63) is 24.0 Å². The molecule has 6 nitrogen and oxygen atoms in total. The number of imidazole rings is 1. The standard InChI is InChI=1S/C8H12N3.C2N3/c1-10-6-7-11(8-10)5-3-2-4-9;3-1-5-2-4/h6-8H,2-3,5H2,1H3;/q+1;-1. The molecule has 0 aliphatic heterocycles. The number of hydrogen-bond donors (Lipinski definition) is 0. The van der Waals surface area contributed by atoms with Crippen LogP contribution >= 0.6 is 0 Å². The zero-order valence-electron chi connectivity index (χ0n) is 9.04. The molecule has 0 bridgehead atoms. The van der Waals surface area contributed by atoms with Gasteiger partial charge >= 0.3 is 0 Å². The van der Waals surface area contributed by atoms with Crippen LogP contribution in [0, 0.1) is 34.2 Å². The van der Waals surface area contributed by atoms with Crippen LogP contribution in [0.1, 0.15) is 12.8 Å². The maximum Gasteiger partial charge on any atom is 0.243 e. The Bertz CT molecular complexity index is 402. The molecular formula is C10H12N6. The monoisotopic (exact) mass is 216 g/mol. The lowest BCUT2D eigenvalue weighted by molar-refractivity contribution is -0.671. The van der Waals surface area contributed by atoms with Crippen LogP contribution in [-0.2, 0) is 13.6 Å². The third-order valence-corrected chi connectivity index (χ3v) is 1.63. The van der Waals surface area contributed by atoms with Crippen molar-refractivity contribution >= 4 is 0 Å². The number of rotatable bonds is 3. The number of aryl methyl sites for hydroxylation is 2. The zero-order valence-corrected chi connectivity index (χ0v) is 9.04. The predicted molar refractivity (Wildman–Crippen MR) is 55.0 cm³/mol. The molecule has 1 heterocycles. The molecule has 0 radical (unpaired) electrons. The predicted octanol–water partition coefficient (Wildman–Crippen LogP) is 0.939.